The molecule has 1 aliphatic rings. The molecule has 5 rings (SSSR count). The van der Waals surface area contributed by atoms with E-state index in [4.69, 9.17) is 4.74 Å². The van der Waals surface area contributed by atoms with Crippen molar-refractivity contribution in [3.63, 3.8) is 0 Å². The number of nitrogens with zero attached hydrogens (tertiary/aromatic N) is 5. The van der Waals surface area contributed by atoms with Crippen molar-refractivity contribution in [3.05, 3.63) is 86.7 Å². The third-order valence-electron chi connectivity index (χ3n) is 7.15. The number of hydrogen-bond donors (Lipinski definition) is 1. The molecule has 1 fully saturated rings. The molecular weight excluding hydrogens is 471 g/mol. The molecule has 1 saturated heterocycles. The minimum atomic E-state index is -0.278. The Balaban J connectivity index is 1.51. The first-order valence-corrected chi connectivity index (χ1v) is 12.9. The topological polar surface area (TPSA) is 88.9 Å². The fourth-order valence-corrected chi connectivity index (χ4v) is 5.32. The Hall–Kier alpha value is -3.43. The van der Waals surface area contributed by atoms with Gasteiger partial charge < -0.3 is 9.72 Å². The maximum Gasteiger partial charge on any atom is 0.252 e. The Morgan fingerprint density at radius 3 is 2.73 bits per heavy atom. The van der Waals surface area contributed by atoms with Crippen LogP contribution < -0.4 is 5.56 Å². The summed E-state index contributed by atoms with van der Waals surface area (Å²) in [6.07, 6.45) is 2.86. The van der Waals surface area contributed by atoms with Gasteiger partial charge in [-0.05, 0) is 84.5 Å². The summed E-state index contributed by atoms with van der Waals surface area (Å²) in [4.78, 5) is 18.5. The molecule has 9 heteroatoms. The van der Waals surface area contributed by atoms with E-state index in [1.807, 2.05) is 23.7 Å². The average molecular weight is 505 g/mol. The molecule has 1 N–H and O–H groups in total. The monoisotopic (exact) mass is 504 g/mol. The molecular formula is C28H33FN6O2. The van der Waals surface area contributed by atoms with Crippen LogP contribution in [0.4, 0.5) is 4.39 Å². The van der Waals surface area contributed by atoms with Crippen LogP contribution in [0.2, 0.25) is 0 Å². The van der Waals surface area contributed by atoms with Crippen LogP contribution in [0.5, 0.6) is 0 Å². The molecule has 3 heterocycles. The number of aromatic nitrogens is 5. The fourth-order valence-electron chi connectivity index (χ4n) is 5.32. The molecule has 8 nitrogen and oxygen atoms in total. The number of rotatable bonds is 9. The van der Waals surface area contributed by atoms with E-state index >= 15 is 0 Å². The lowest BCUT2D eigenvalue weighted by atomic mass is 10.0. The lowest BCUT2D eigenvalue weighted by Crippen LogP contribution is -2.33. The summed E-state index contributed by atoms with van der Waals surface area (Å²) in [5.74, 6) is 0.462. The van der Waals surface area contributed by atoms with Crippen LogP contribution in [0.15, 0.2) is 47.3 Å². The first kappa shape index (κ1) is 25.2. The molecule has 0 radical (unpaired) electrons. The van der Waals surface area contributed by atoms with Crippen LogP contribution in [0.3, 0.4) is 0 Å². The fraction of sp³-hybridized carbons (Fsp3) is 0.429. The number of pyridine rings is 1. The third-order valence-corrected chi connectivity index (χ3v) is 7.15. The van der Waals surface area contributed by atoms with Gasteiger partial charge in [-0.1, -0.05) is 25.1 Å². The van der Waals surface area contributed by atoms with Gasteiger partial charge in [0.1, 0.15) is 5.82 Å². The number of tetrazole rings is 1. The van der Waals surface area contributed by atoms with Gasteiger partial charge in [-0.25, -0.2) is 9.07 Å². The first-order chi connectivity index (χ1) is 17.9. The van der Waals surface area contributed by atoms with Crippen molar-refractivity contribution in [2.24, 2.45) is 0 Å². The van der Waals surface area contributed by atoms with E-state index < -0.39 is 0 Å². The highest BCUT2D eigenvalue weighted by molar-refractivity contribution is 5.83. The minimum absolute atomic E-state index is 0.0973. The zero-order valence-electron chi connectivity index (χ0n) is 21.6. The summed E-state index contributed by atoms with van der Waals surface area (Å²) in [5, 5.41) is 13.7. The summed E-state index contributed by atoms with van der Waals surface area (Å²) in [7, 11) is 0. The number of hydrogen-bond acceptors (Lipinski definition) is 6. The van der Waals surface area contributed by atoms with Crippen molar-refractivity contribution in [3.8, 4) is 0 Å². The Bertz CT molecular complexity index is 1430. The molecule has 37 heavy (non-hydrogen) atoms. The zero-order valence-corrected chi connectivity index (χ0v) is 21.6. The van der Waals surface area contributed by atoms with Gasteiger partial charge in [0.15, 0.2) is 5.82 Å². The summed E-state index contributed by atoms with van der Waals surface area (Å²) < 4.78 is 21.3. The highest BCUT2D eigenvalue weighted by atomic mass is 19.1. The van der Waals surface area contributed by atoms with Gasteiger partial charge in [0.25, 0.3) is 5.56 Å². The maximum absolute atomic E-state index is 13.6. The van der Waals surface area contributed by atoms with Crippen molar-refractivity contribution in [2.45, 2.75) is 71.8 Å². The number of fused-ring (bicyclic) bond motifs is 1. The Morgan fingerprint density at radius 1 is 1.19 bits per heavy atom. The molecule has 0 spiro atoms. The van der Waals surface area contributed by atoms with E-state index in [2.05, 4.69) is 45.3 Å². The molecule has 194 valence electrons. The Labute approximate surface area is 215 Å². The average Bonchev–Trinajstić information content (AvgIpc) is 3.55. The molecule has 1 aliphatic heterocycles. The van der Waals surface area contributed by atoms with Gasteiger partial charge >= 0.3 is 0 Å². The van der Waals surface area contributed by atoms with Crippen molar-refractivity contribution >= 4 is 10.9 Å². The predicted molar refractivity (Wildman–Crippen MR) is 140 cm³/mol. The van der Waals surface area contributed by atoms with Crippen molar-refractivity contribution in [1.29, 1.82) is 0 Å². The van der Waals surface area contributed by atoms with E-state index in [0.717, 1.165) is 59.3 Å². The molecule has 0 bridgehead atoms. The minimum Gasteiger partial charge on any atom is -0.376 e. The van der Waals surface area contributed by atoms with Crippen molar-refractivity contribution < 1.29 is 9.13 Å². The van der Waals surface area contributed by atoms with Crippen LogP contribution >= 0.6 is 0 Å². The second-order valence-corrected chi connectivity index (χ2v) is 9.98. The third kappa shape index (κ3) is 5.62. The molecule has 0 aliphatic carbocycles. The number of ether oxygens (including phenoxy) is 1. The Kier molecular flexibility index (Phi) is 7.43. The molecule has 2 aromatic carbocycles. The number of nitrogens with one attached hydrogen (secondary N) is 1. The summed E-state index contributed by atoms with van der Waals surface area (Å²) in [5.41, 5.74) is 4.56. The van der Waals surface area contributed by atoms with Gasteiger partial charge in [-0.15, -0.1) is 5.10 Å². The number of halogens is 1. The molecule has 0 saturated carbocycles. The second kappa shape index (κ2) is 10.9. The van der Waals surface area contributed by atoms with Gasteiger partial charge in [-0.3, -0.25) is 9.69 Å². The molecule has 0 amide bonds. The number of aryl methyl sites for hydroxylation is 2. The highest BCUT2D eigenvalue weighted by Crippen LogP contribution is 2.28. The Morgan fingerprint density at radius 2 is 2.00 bits per heavy atom. The van der Waals surface area contributed by atoms with E-state index in [9.17, 15) is 9.18 Å². The van der Waals surface area contributed by atoms with Crippen LogP contribution in [0, 0.1) is 19.7 Å². The van der Waals surface area contributed by atoms with Crippen LogP contribution in [-0.4, -0.2) is 42.8 Å². The van der Waals surface area contributed by atoms with Crippen molar-refractivity contribution in [2.75, 3.05) is 6.61 Å². The summed E-state index contributed by atoms with van der Waals surface area (Å²) in [6, 6.07) is 12.4. The standard InChI is InChI=1S/C28H33FN6O2/c1-4-26(27-31-32-33-35(27)17-23-6-5-11-37-23)34(15-20-7-9-22(29)10-8-20)16-21-14-24-19(3)12-18(2)13-25(24)30-28(21)36/h7-10,12-14,23,26H,4-6,11,15-17H2,1-3H3,(H,30,36). The predicted octanol–water partition coefficient (Wildman–Crippen LogP) is 4.60. The number of benzene rings is 2. The largest absolute Gasteiger partial charge is 0.376 e. The van der Waals surface area contributed by atoms with Crippen LogP contribution in [-0.2, 0) is 24.4 Å². The van der Waals surface area contributed by atoms with Gasteiger partial charge in [-0.2, -0.15) is 0 Å². The van der Waals surface area contributed by atoms with Gasteiger partial charge in [0, 0.05) is 36.2 Å². The molecule has 2 unspecified atom stereocenters. The van der Waals surface area contributed by atoms with Crippen LogP contribution in [0.25, 0.3) is 10.9 Å². The van der Waals surface area contributed by atoms with Crippen molar-refractivity contribution in [1.82, 2.24) is 30.1 Å². The molecule has 2 atom stereocenters. The normalized spacial score (nSPS) is 16.6. The lowest BCUT2D eigenvalue weighted by Gasteiger charge is -2.30. The van der Waals surface area contributed by atoms with E-state index in [1.54, 1.807) is 12.1 Å². The maximum atomic E-state index is 13.6. The molecule has 2 aromatic heterocycles. The molecule has 4 aromatic rings. The van der Waals surface area contributed by atoms with Gasteiger partial charge in [0.2, 0.25) is 0 Å². The van der Waals surface area contributed by atoms with E-state index in [0.29, 0.717) is 25.2 Å². The van der Waals surface area contributed by atoms with E-state index in [1.165, 1.54) is 12.1 Å². The van der Waals surface area contributed by atoms with Crippen LogP contribution in [0.1, 0.15) is 60.3 Å². The highest BCUT2D eigenvalue weighted by Gasteiger charge is 2.28. The van der Waals surface area contributed by atoms with Gasteiger partial charge in [0.05, 0.1) is 18.7 Å². The lowest BCUT2D eigenvalue weighted by molar-refractivity contribution is 0.0888. The second-order valence-electron chi connectivity index (χ2n) is 9.98. The zero-order chi connectivity index (χ0) is 25.9. The smallest absolute Gasteiger partial charge is 0.252 e. The summed E-state index contributed by atoms with van der Waals surface area (Å²) >= 11 is 0. The number of aromatic amines is 1. The summed E-state index contributed by atoms with van der Waals surface area (Å²) in [6.45, 7) is 8.43. The van der Waals surface area contributed by atoms with E-state index in [-0.39, 0.29) is 23.5 Å². The quantitative estimate of drug-likeness (QED) is 0.358. The SMILES string of the molecule is CCC(c1nnnn1CC1CCCO1)N(Cc1ccc(F)cc1)Cc1cc2c(C)cc(C)cc2[nH]c1=O. The first-order valence-electron chi connectivity index (χ1n) is 12.9. The number of H-pyrrole nitrogens is 1.